The number of anilines is 1. The van der Waals surface area contributed by atoms with Gasteiger partial charge in [0.2, 0.25) is 0 Å². The van der Waals surface area contributed by atoms with E-state index in [9.17, 15) is 9.59 Å². The molecule has 4 aromatic rings. The maximum Gasteiger partial charge on any atom is 0.354 e. The lowest BCUT2D eigenvalue weighted by molar-refractivity contribution is 0.259. The minimum atomic E-state index is -0.634. The van der Waals surface area contributed by atoms with E-state index >= 15 is 0 Å². The molecule has 0 saturated carbocycles. The van der Waals surface area contributed by atoms with Crippen LogP contribution in [0.2, 0.25) is 0 Å². The summed E-state index contributed by atoms with van der Waals surface area (Å²) < 4.78 is 1.52. The van der Waals surface area contributed by atoms with E-state index in [-0.39, 0.29) is 5.96 Å². The Morgan fingerprint density at radius 1 is 1.00 bits per heavy atom. The number of fused-ring (bicyclic) bond motifs is 1. The molecule has 2 amide bonds. The quantitative estimate of drug-likeness (QED) is 0.0754. The van der Waals surface area contributed by atoms with Crippen molar-refractivity contribution in [2.45, 2.75) is 32.2 Å². The number of aryl methyl sites for hydroxylation is 1. The van der Waals surface area contributed by atoms with Gasteiger partial charge in [-0.2, -0.15) is 4.98 Å². The van der Waals surface area contributed by atoms with Crippen molar-refractivity contribution in [1.82, 2.24) is 19.9 Å². The Hall–Kier alpha value is -4.68. The second-order valence-electron chi connectivity index (χ2n) is 9.54. The molecule has 2 aromatic heterocycles. The molecule has 2 heterocycles. The minimum absolute atomic E-state index is 0.101. The van der Waals surface area contributed by atoms with Crippen LogP contribution in [0.3, 0.4) is 0 Å². The number of aromatic nitrogens is 3. The summed E-state index contributed by atoms with van der Waals surface area (Å²) in [5.74, 6) is 0.101. The Balaban J connectivity index is 1.52. The number of hydrogen-bond donors (Lipinski definition) is 7. The number of primary amides is 1. The van der Waals surface area contributed by atoms with Crippen molar-refractivity contribution >= 4 is 28.7 Å². The summed E-state index contributed by atoms with van der Waals surface area (Å²) in [4.78, 5) is 35.8. The predicted molar refractivity (Wildman–Crippen MR) is 159 cm³/mol. The summed E-state index contributed by atoms with van der Waals surface area (Å²) in [7, 11) is 0. The number of guanidine groups is 1. The van der Waals surface area contributed by atoms with E-state index in [1.165, 1.54) is 4.57 Å². The number of aromatic amines is 1. The van der Waals surface area contributed by atoms with Gasteiger partial charge in [-0.1, -0.05) is 12.1 Å². The maximum absolute atomic E-state index is 12.9. The van der Waals surface area contributed by atoms with Crippen molar-refractivity contribution in [3.05, 3.63) is 76.3 Å². The fourth-order valence-electron chi connectivity index (χ4n) is 4.43. The number of urea groups is 1. The molecule has 40 heavy (non-hydrogen) atoms. The summed E-state index contributed by atoms with van der Waals surface area (Å²) in [6.45, 7) is 2.68. The molecule has 0 aliphatic carbocycles. The topological polar surface area (TPSA) is 208 Å². The lowest BCUT2D eigenvalue weighted by atomic mass is 10.0. The zero-order valence-corrected chi connectivity index (χ0v) is 22.3. The molecule has 0 atom stereocenters. The smallest absolute Gasteiger partial charge is 0.354 e. The molecule has 0 fully saturated rings. The zero-order chi connectivity index (χ0) is 28.5. The van der Waals surface area contributed by atoms with Crippen LogP contribution < -0.4 is 39.3 Å². The van der Waals surface area contributed by atoms with Crippen molar-refractivity contribution in [3.8, 4) is 16.9 Å². The Morgan fingerprint density at radius 2 is 1.80 bits per heavy atom. The fraction of sp³-hybridized carbons (Fsp3) is 0.286. The summed E-state index contributed by atoms with van der Waals surface area (Å²) in [6.07, 6.45) is 5.25. The van der Waals surface area contributed by atoms with Crippen LogP contribution in [0.5, 0.6) is 0 Å². The highest BCUT2D eigenvalue weighted by molar-refractivity contribution is 5.90. The van der Waals surface area contributed by atoms with Crippen molar-refractivity contribution in [1.29, 1.82) is 0 Å². The number of benzene rings is 2. The fourth-order valence-corrected chi connectivity index (χ4v) is 4.43. The number of nitrogens with two attached hydrogens (primary N) is 4. The number of H-pyrrole nitrogens is 1. The number of carbonyl (C=O) groups excluding carboxylic acids is 1. The molecule has 0 saturated heterocycles. The summed E-state index contributed by atoms with van der Waals surface area (Å²) in [6, 6.07) is 14.8. The molecule has 12 heteroatoms. The van der Waals surface area contributed by atoms with Crippen molar-refractivity contribution in [2.24, 2.45) is 27.9 Å². The van der Waals surface area contributed by atoms with Crippen LogP contribution in [0.4, 0.5) is 10.5 Å². The molecule has 0 radical (unpaired) electrons. The molecular formula is C28H36N10O2. The van der Waals surface area contributed by atoms with Gasteiger partial charge in [-0.05, 0) is 86.3 Å². The van der Waals surface area contributed by atoms with E-state index in [1.807, 2.05) is 48.5 Å². The number of nitrogens with one attached hydrogen (secondary N) is 3. The molecule has 210 valence electrons. The molecular weight excluding hydrogens is 508 g/mol. The summed E-state index contributed by atoms with van der Waals surface area (Å²) in [5, 5.41) is 6.79. The third kappa shape index (κ3) is 7.68. The van der Waals surface area contributed by atoms with E-state index in [2.05, 4.69) is 25.6 Å². The first kappa shape index (κ1) is 28.3. The first-order valence-electron chi connectivity index (χ1n) is 13.2. The number of unbranched alkanes of at least 4 members (excludes halogenated alkanes) is 1. The Kier molecular flexibility index (Phi) is 9.49. The number of rotatable bonds is 13. The zero-order valence-electron chi connectivity index (χ0n) is 22.3. The molecule has 11 N–H and O–H groups in total. The van der Waals surface area contributed by atoms with Gasteiger partial charge in [0.1, 0.15) is 5.65 Å². The van der Waals surface area contributed by atoms with Gasteiger partial charge in [0.05, 0.1) is 5.69 Å². The number of amides is 2. The van der Waals surface area contributed by atoms with E-state index in [4.69, 9.17) is 22.9 Å². The van der Waals surface area contributed by atoms with Crippen molar-refractivity contribution in [3.63, 3.8) is 0 Å². The van der Waals surface area contributed by atoms with E-state index in [0.717, 1.165) is 60.0 Å². The van der Waals surface area contributed by atoms with E-state index in [0.29, 0.717) is 36.7 Å². The van der Waals surface area contributed by atoms with E-state index in [1.54, 1.807) is 6.20 Å². The largest absolute Gasteiger partial charge is 0.370 e. The highest BCUT2D eigenvalue weighted by atomic mass is 16.2. The lowest BCUT2D eigenvalue weighted by Crippen LogP contribution is -2.23. The third-order valence-corrected chi connectivity index (χ3v) is 6.35. The minimum Gasteiger partial charge on any atom is -0.370 e. The van der Waals surface area contributed by atoms with Gasteiger partial charge in [-0.3, -0.25) is 9.56 Å². The number of nitrogens with zero attached hydrogens (tertiary/aromatic N) is 3. The SMILES string of the molecule is NCCCCc1cc(NC(N)=O)cc(-c2cc3cn(-c4ccc(CNCCCN=C(N)N)cc4)c(=O)nc3[nH]2)c1. The first-order valence-corrected chi connectivity index (χ1v) is 13.2. The maximum atomic E-state index is 12.9. The molecule has 2 aromatic carbocycles. The van der Waals surface area contributed by atoms with Crippen molar-refractivity contribution in [2.75, 3.05) is 25.0 Å². The Bertz CT molecular complexity index is 1540. The number of aliphatic imine (C=N–C) groups is 1. The molecule has 12 nitrogen and oxygen atoms in total. The van der Waals surface area contributed by atoms with E-state index < -0.39 is 11.7 Å². The Labute approximate surface area is 231 Å². The molecule has 0 aliphatic heterocycles. The van der Waals surface area contributed by atoms with Crippen LogP contribution in [0.1, 0.15) is 30.4 Å². The van der Waals surface area contributed by atoms with Gasteiger partial charge in [0.25, 0.3) is 0 Å². The average molecular weight is 545 g/mol. The monoisotopic (exact) mass is 544 g/mol. The second kappa shape index (κ2) is 13.4. The van der Waals surface area contributed by atoms with Crippen LogP contribution >= 0.6 is 0 Å². The van der Waals surface area contributed by atoms with Crippen LogP contribution in [-0.4, -0.2) is 46.2 Å². The Morgan fingerprint density at radius 3 is 2.52 bits per heavy atom. The van der Waals surface area contributed by atoms with Gasteiger partial charge < -0.3 is 38.6 Å². The van der Waals surface area contributed by atoms with Crippen LogP contribution in [0.25, 0.3) is 28.0 Å². The highest BCUT2D eigenvalue weighted by Gasteiger charge is 2.11. The van der Waals surface area contributed by atoms with Crippen LogP contribution in [-0.2, 0) is 13.0 Å². The van der Waals surface area contributed by atoms with Crippen LogP contribution in [0.15, 0.2) is 64.5 Å². The number of carbonyl (C=O) groups is 1. The first-order chi connectivity index (χ1) is 19.3. The average Bonchev–Trinajstić information content (AvgIpc) is 3.33. The number of hydrogen-bond acceptors (Lipinski definition) is 6. The molecule has 4 rings (SSSR count). The normalized spacial score (nSPS) is 11.0. The van der Waals surface area contributed by atoms with Crippen LogP contribution in [0, 0.1) is 0 Å². The highest BCUT2D eigenvalue weighted by Crippen LogP contribution is 2.28. The van der Waals surface area contributed by atoms with Gasteiger partial charge >= 0.3 is 11.7 Å². The summed E-state index contributed by atoms with van der Waals surface area (Å²) >= 11 is 0. The van der Waals surface area contributed by atoms with Gasteiger partial charge in [-0.25, -0.2) is 9.59 Å². The van der Waals surface area contributed by atoms with Crippen molar-refractivity contribution < 1.29 is 4.79 Å². The van der Waals surface area contributed by atoms with Gasteiger partial charge in [-0.15, -0.1) is 0 Å². The third-order valence-electron chi connectivity index (χ3n) is 6.35. The predicted octanol–water partition coefficient (Wildman–Crippen LogP) is 1.91. The molecule has 0 aliphatic rings. The molecule has 0 spiro atoms. The lowest BCUT2D eigenvalue weighted by Gasteiger charge is -2.09. The second-order valence-corrected chi connectivity index (χ2v) is 9.54. The summed E-state index contributed by atoms with van der Waals surface area (Å²) in [5.41, 5.74) is 26.8. The molecule has 0 bridgehead atoms. The standard InChI is InChI=1S/C28H36N10O2/c29-9-2-1-4-19-12-20(14-22(13-19)35-27(32)39)24-15-21-17-38(28(40)37-25(21)36-24)23-7-5-18(6-8-23)16-33-10-3-11-34-26(30)31/h5-8,12-15,17,33H,1-4,9-11,16,29H2,(H4,30,31,34)(H3,32,35,39)(H,36,37,40). The molecule has 0 unspecified atom stereocenters. The van der Waals surface area contributed by atoms with Gasteiger partial charge in [0, 0.05) is 41.6 Å². The van der Waals surface area contributed by atoms with Gasteiger partial charge in [0.15, 0.2) is 5.96 Å².